The number of carbonyl (C=O) groups is 2. The number of carbonyl (C=O) groups excluding carboxylic acids is 2. The molecule has 4 fully saturated rings. The van der Waals surface area contributed by atoms with Gasteiger partial charge in [-0.1, -0.05) is 25.5 Å². The smallest absolute Gasteiger partial charge is 0.408 e. The van der Waals surface area contributed by atoms with E-state index in [1.807, 2.05) is 6.07 Å². The van der Waals surface area contributed by atoms with Gasteiger partial charge in [-0.3, -0.25) is 14.9 Å². The Labute approximate surface area is 343 Å². The molecule has 0 bridgehead atoms. The molecule has 1 aromatic carbocycles. The third-order valence-electron chi connectivity index (χ3n) is 14.6. The lowest BCUT2D eigenvalue weighted by atomic mass is 9.45. The molecule has 16 nitrogen and oxygen atoms in total. The molecule has 1 saturated heterocycles. The topological polar surface area (TPSA) is 246 Å². The van der Waals surface area contributed by atoms with Crippen LogP contribution in [-0.2, 0) is 25.6 Å². The quantitative estimate of drug-likeness (QED) is 0.0723. The van der Waals surface area contributed by atoms with Crippen LogP contribution in [0.3, 0.4) is 0 Å². The van der Waals surface area contributed by atoms with E-state index in [1.54, 1.807) is 6.26 Å². The number of amides is 2. The Morgan fingerprint density at radius 1 is 1.02 bits per heavy atom. The number of aliphatic hydroxyl groups is 3. The molecule has 0 radical (unpaired) electrons. The number of rotatable bonds is 13. The van der Waals surface area contributed by atoms with Gasteiger partial charge in [-0.25, -0.2) is 9.59 Å². The van der Waals surface area contributed by atoms with E-state index in [1.165, 1.54) is 35.9 Å². The third kappa shape index (κ3) is 8.44. The minimum Gasteiger partial charge on any atom is -0.445 e. The van der Waals surface area contributed by atoms with Gasteiger partial charge >= 0.3 is 11.7 Å². The van der Waals surface area contributed by atoms with Crippen molar-refractivity contribution < 1.29 is 48.5 Å². The summed E-state index contributed by atoms with van der Waals surface area (Å²) in [6.45, 7) is 4.60. The van der Waals surface area contributed by atoms with Crippen LogP contribution in [0.2, 0.25) is 0 Å². The predicted octanol–water partition coefficient (Wildman–Crippen LogP) is 4.08. The number of fused-ring (bicyclic) bond motifs is 5. The molecule has 7 unspecified atom stereocenters. The number of nitrogens with one attached hydrogen (secondary N) is 2. The molecule has 7 N–H and O–H groups in total. The number of nitro groups is 1. The Kier molecular flexibility index (Phi) is 12.7. The van der Waals surface area contributed by atoms with Crippen molar-refractivity contribution in [3.05, 3.63) is 86.0 Å². The second-order valence-electron chi connectivity index (χ2n) is 17.7. The van der Waals surface area contributed by atoms with Crippen LogP contribution in [0.15, 0.2) is 63.5 Å². The number of ether oxygens (including phenoxy) is 3. The molecule has 1 aromatic heterocycles. The first-order valence-electron chi connectivity index (χ1n) is 21.0. The number of benzene rings is 1. The van der Waals surface area contributed by atoms with E-state index < -0.39 is 53.1 Å². The molecule has 322 valence electrons. The van der Waals surface area contributed by atoms with Crippen LogP contribution in [0.5, 0.6) is 0 Å². The maximum Gasteiger partial charge on any atom is 0.408 e. The summed E-state index contributed by atoms with van der Waals surface area (Å²) in [5.41, 5.74) is 6.68. The van der Waals surface area contributed by atoms with Crippen LogP contribution in [0.4, 0.5) is 10.5 Å². The number of aliphatic hydroxyl groups excluding tert-OH is 2. The Morgan fingerprint density at radius 2 is 1.80 bits per heavy atom. The normalized spacial score (nSPS) is 35.6. The minimum atomic E-state index is -1.47. The van der Waals surface area contributed by atoms with Crippen LogP contribution in [-0.4, -0.2) is 87.7 Å². The number of nitrogens with zero attached hydrogens (tertiary/aromatic N) is 1. The molecule has 12 atom stereocenters. The van der Waals surface area contributed by atoms with E-state index in [2.05, 4.69) is 30.6 Å². The van der Waals surface area contributed by atoms with Gasteiger partial charge < -0.3 is 50.3 Å². The highest BCUT2D eigenvalue weighted by Crippen LogP contribution is 2.70. The molecular weight excluding hydrogens is 764 g/mol. The second-order valence-corrected chi connectivity index (χ2v) is 17.7. The zero-order valence-corrected chi connectivity index (χ0v) is 33.8. The molecule has 59 heavy (non-hydrogen) atoms. The number of nitrogens with two attached hydrogens (primary N) is 1. The molecule has 2 aromatic rings. The van der Waals surface area contributed by atoms with E-state index in [4.69, 9.17) is 24.4 Å². The fraction of sp³-hybridized carbons (Fsp3) is 0.651. The lowest BCUT2D eigenvalue weighted by molar-refractivity contribution is -0.384. The molecule has 2 amide bonds. The van der Waals surface area contributed by atoms with Gasteiger partial charge in [-0.2, -0.15) is 0 Å². The van der Waals surface area contributed by atoms with Gasteiger partial charge in [0.2, 0.25) is 5.91 Å². The first kappa shape index (κ1) is 42.9. The summed E-state index contributed by atoms with van der Waals surface area (Å²) < 4.78 is 22.7. The molecule has 0 spiro atoms. The van der Waals surface area contributed by atoms with Crippen molar-refractivity contribution >= 4 is 17.7 Å². The van der Waals surface area contributed by atoms with Crippen LogP contribution in [0.1, 0.15) is 102 Å². The molecule has 2 heterocycles. The van der Waals surface area contributed by atoms with E-state index in [9.17, 15) is 39.8 Å². The average Bonchev–Trinajstić information content (AvgIpc) is 3.50. The lowest BCUT2D eigenvalue weighted by Crippen LogP contribution is -2.62. The number of hydrogen-bond acceptors (Lipinski definition) is 13. The van der Waals surface area contributed by atoms with Crippen molar-refractivity contribution in [1.29, 1.82) is 0 Å². The van der Waals surface area contributed by atoms with Gasteiger partial charge in [0.1, 0.15) is 24.9 Å². The van der Waals surface area contributed by atoms with Crippen LogP contribution >= 0.6 is 0 Å². The Balaban J connectivity index is 0.933. The summed E-state index contributed by atoms with van der Waals surface area (Å²) in [5.74, 6) is -0.0595. The van der Waals surface area contributed by atoms with Gasteiger partial charge in [0.15, 0.2) is 6.29 Å². The zero-order chi connectivity index (χ0) is 42.1. The van der Waals surface area contributed by atoms with E-state index in [0.717, 1.165) is 44.1 Å². The monoisotopic (exact) mass is 822 g/mol. The fourth-order valence-corrected chi connectivity index (χ4v) is 11.2. The Bertz CT molecular complexity index is 1920. The SMILES string of the molecule is CC12CCC3C(CCC4=C[C@@H](O[C@H]5OC[C@H](NC(=O)[C@H](CCCCN)NC(=O)OCc6ccc([N+](=O)[O-])cc6)C(O)C5O)CC[C@@]43C)C1(O)CCC2c1ccc(=O)oc1. The Hall–Kier alpha value is -4.19. The molecule has 1 aliphatic heterocycles. The standard InChI is InChI=1S/C43H58N4O12/c1-41-17-14-29(21-27(41)9-12-32-31(41)15-18-42(2)30(16-19-43(32,42)53)26-8-13-35(48)56-23-26)59-39-37(50)36(49)34(24-57-39)45-38(51)33(5-3-4-20-44)46-40(52)58-22-25-6-10-28(11-7-25)47(54)55/h6-8,10-11,13,21,23,29-34,36-37,39,49-50,53H,3-5,9,12,14-20,22,24,44H2,1-2H3,(H,45,51)(H,46,52)/t29-,30?,31?,32?,33-,34-,36?,37?,39+,41-,42?,43?/m0/s1. The van der Waals surface area contributed by atoms with Crippen molar-refractivity contribution in [3.63, 3.8) is 0 Å². The highest BCUT2D eigenvalue weighted by atomic mass is 16.7. The van der Waals surface area contributed by atoms with Gasteiger partial charge in [0.25, 0.3) is 5.69 Å². The predicted molar refractivity (Wildman–Crippen MR) is 213 cm³/mol. The zero-order valence-electron chi connectivity index (χ0n) is 33.8. The van der Waals surface area contributed by atoms with Crippen molar-refractivity contribution in [2.24, 2.45) is 28.4 Å². The second kappa shape index (κ2) is 17.4. The van der Waals surface area contributed by atoms with Crippen molar-refractivity contribution in [2.75, 3.05) is 13.2 Å². The van der Waals surface area contributed by atoms with E-state index in [0.29, 0.717) is 43.7 Å². The van der Waals surface area contributed by atoms with Gasteiger partial charge in [-0.15, -0.1) is 0 Å². The molecule has 3 saturated carbocycles. The third-order valence-corrected chi connectivity index (χ3v) is 14.6. The van der Waals surface area contributed by atoms with E-state index in [-0.39, 0.29) is 59.7 Å². The van der Waals surface area contributed by atoms with Crippen LogP contribution < -0.4 is 22.0 Å². The minimum absolute atomic E-state index is 0.0970. The maximum absolute atomic E-state index is 13.4. The molecule has 16 heteroatoms. The van der Waals surface area contributed by atoms with E-state index >= 15 is 0 Å². The van der Waals surface area contributed by atoms with Gasteiger partial charge in [0.05, 0.1) is 35.5 Å². The summed E-state index contributed by atoms with van der Waals surface area (Å²) in [6, 6.07) is 6.82. The summed E-state index contributed by atoms with van der Waals surface area (Å²) in [4.78, 5) is 48.2. The van der Waals surface area contributed by atoms with Crippen LogP contribution in [0, 0.1) is 32.8 Å². The first-order valence-corrected chi connectivity index (χ1v) is 21.0. The van der Waals surface area contributed by atoms with Crippen molar-refractivity contribution in [3.8, 4) is 0 Å². The molecular formula is C43H58N4O12. The molecule has 5 aliphatic rings. The summed E-state index contributed by atoms with van der Waals surface area (Å²) >= 11 is 0. The average molecular weight is 823 g/mol. The number of unbranched alkanes of at least 4 members (excludes halogenated alkanes) is 1. The Morgan fingerprint density at radius 3 is 2.51 bits per heavy atom. The van der Waals surface area contributed by atoms with Gasteiger partial charge in [-0.05, 0) is 130 Å². The number of nitro benzene ring substituents is 1. The number of alkyl carbamates (subject to hydrolysis) is 1. The lowest BCUT2D eigenvalue weighted by Gasteiger charge is -2.62. The van der Waals surface area contributed by atoms with Crippen molar-refractivity contribution in [2.45, 2.75) is 139 Å². The number of non-ortho nitro benzene ring substituents is 1. The fourth-order valence-electron chi connectivity index (χ4n) is 11.2. The highest BCUT2D eigenvalue weighted by Gasteiger charge is 2.66. The summed E-state index contributed by atoms with van der Waals surface area (Å²) in [6.07, 6.45) is 6.39. The van der Waals surface area contributed by atoms with Crippen LogP contribution in [0.25, 0.3) is 0 Å². The summed E-state index contributed by atoms with van der Waals surface area (Å²) in [7, 11) is 0. The first-order chi connectivity index (χ1) is 28.2. The summed E-state index contributed by atoms with van der Waals surface area (Å²) in [5, 5.41) is 51.1. The van der Waals surface area contributed by atoms with Gasteiger partial charge in [0, 0.05) is 23.6 Å². The molecule has 4 aliphatic carbocycles. The molecule has 7 rings (SSSR count). The number of allylic oxidation sites excluding steroid dienone is 1. The number of hydrogen-bond donors (Lipinski definition) is 6. The highest BCUT2D eigenvalue weighted by molar-refractivity contribution is 5.85. The largest absolute Gasteiger partial charge is 0.445 e. The van der Waals surface area contributed by atoms with Crippen molar-refractivity contribution in [1.82, 2.24) is 10.6 Å². The maximum atomic E-state index is 13.4.